The molecule has 1 atom stereocenters. The van der Waals surface area contributed by atoms with Gasteiger partial charge < -0.3 is 25.2 Å². The second kappa shape index (κ2) is 13.2. The van der Waals surface area contributed by atoms with Gasteiger partial charge in [-0.3, -0.25) is 9.78 Å². The van der Waals surface area contributed by atoms with Crippen molar-refractivity contribution in [3.05, 3.63) is 47.8 Å². The van der Waals surface area contributed by atoms with E-state index in [1.54, 1.807) is 23.0 Å². The standard InChI is InChI=1S/C33H44N8O2/c1-23-17-26-18-29(38-23)28-20-37-40(3)33(28)43-16-6-7-25(24-8-9-24)21-39(2)31-11-10-27(19-30(31)35-22-36-32(26)42)34-12-15-41-13-4-5-14-41/h10-11,17-20,22,24-25,34H,4-9,12-16,21H2,1-3H3,(H,35,36,42). The lowest BCUT2D eigenvalue weighted by molar-refractivity contribution is 0.0978. The van der Waals surface area contributed by atoms with E-state index in [0.29, 0.717) is 29.7 Å². The molecule has 2 N–H and O–H groups in total. The van der Waals surface area contributed by atoms with Crippen LogP contribution in [-0.2, 0) is 7.05 Å². The van der Waals surface area contributed by atoms with Gasteiger partial charge in [0.05, 0.1) is 41.8 Å². The smallest absolute Gasteiger partial charge is 0.256 e. The van der Waals surface area contributed by atoms with Crippen molar-refractivity contribution < 1.29 is 9.53 Å². The molecule has 1 unspecified atom stereocenters. The third kappa shape index (κ3) is 7.18. The maximum Gasteiger partial charge on any atom is 0.256 e. The van der Waals surface area contributed by atoms with Gasteiger partial charge in [0.25, 0.3) is 5.91 Å². The van der Waals surface area contributed by atoms with E-state index in [1.165, 1.54) is 45.1 Å². The minimum Gasteiger partial charge on any atom is -0.477 e. The van der Waals surface area contributed by atoms with Crippen LogP contribution in [0.3, 0.4) is 0 Å². The fraction of sp³-hybridized carbons (Fsp3) is 0.515. The lowest BCUT2D eigenvalue weighted by atomic mass is 9.97. The van der Waals surface area contributed by atoms with E-state index in [0.717, 1.165) is 66.7 Å². The molecule has 1 aliphatic carbocycles. The average molecular weight is 585 g/mol. The zero-order valence-corrected chi connectivity index (χ0v) is 25.7. The molecule has 1 saturated heterocycles. The summed E-state index contributed by atoms with van der Waals surface area (Å²) < 4.78 is 8.03. The quantitative estimate of drug-likeness (QED) is 0.434. The molecule has 2 aliphatic heterocycles. The van der Waals surface area contributed by atoms with Crippen molar-refractivity contribution in [2.24, 2.45) is 23.9 Å². The number of hydrogen-bond acceptors (Lipinski definition) is 8. The Morgan fingerprint density at radius 1 is 1.05 bits per heavy atom. The number of ether oxygens (including phenoxy) is 1. The Morgan fingerprint density at radius 3 is 2.70 bits per heavy atom. The van der Waals surface area contributed by atoms with Crippen LogP contribution in [0.15, 0.2) is 41.5 Å². The van der Waals surface area contributed by atoms with Gasteiger partial charge in [-0.2, -0.15) is 5.10 Å². The maximum atomic E-state index is 13.3. The number of carbonyl (C=O) groups is 1. The van der Waals surface area contributed by atoms with Gasteiger partial charge in [0.15, 0.2) is 0 Å². The highest BCUT2D eigenvalue weighted by atomic mass is 16.5. The van der Waals surface area contributed by atoms with Gasteiger partial charge in [-0.05, 0) is 101 Å². The number of aromatic nitrogens is 3. The summed E-state index contributed by atoms with van der Waals surface area (Å²) in [6.07, 6.45) is 10.5. The highest BCUT2D eigenvalue weighted by molar-refractivity contribution is 6.01. The van der Waals surface area contributed by atoms with Crippen LogP contribution in [0.2, 0.25) is 0 Å². The molecule has 3 aliphatic rings. The van der Waals surface area contributed by atoms with Crippen molar-refractivity contribution >= 4 is 29.3 Å². The van der Waals surface area contributed by atoms with Crippen LogP contribution in [0, 0.1) is 18.8 Å². The van der Waals surface area contributed by atoms with Crippen molar-refractivity contribution in [1.82, 2.24) is 25.0 Å². The number of amides is 1. The van der Waals surface area contributed by atoms with Crippen LogP contribution in [0.1, 0.15) is 54.6 Å². The van der Waals surface area contributed by atoms with Crippen molar-refractivity contribution in [1.29, 1.82) is 0 Å². The van der Waals surface area contributed by atoms with Crippen LogP contribution in [0.5, 0.6) is 5.88 Å². The molecule has 1 amide bonds. The fourth-order valence-corrected chi connectivity index (χ4v) is 6.39. The molecule has 10 heteroatoms. The fourth-order valence-electron chi connectivity index (χ4n) is 6.39. The lowest BCUT2D eigenvalue weighted by Gasteiger charge is -2.27. The van der Waals surface area contributed by atoms with Gasteiger partial charge in [-0.15, -0.1) is 0 Å². The number of likely N-dealkylation sites (tertiary alicyclic amines) is 1. The van der Waals surface area contributed by atoms with Crippen molar-refractivity contribution in [3.63, 3.8) is 0 Å². The topological polar surface area (TPSA) is 99.9 Å². The van der Waals surface area contributed by atoms with E-state index in [4.69, 9.17) is 14.7 Å². The van der Waals surface area contributed by atoms with Gasteiger partial charge in [0.2, 0.25) is 5.88 Å². The van der Waals surface area contributed by atoms with Gasteiger partial charge in [-0.25, -0.2) is 9.67 Å². The summed E-state index contributed by atoms with van der Waals surface area (Å²) in [7, 11) is 4.03. The molecule has 1 aromatic carbocycles. The number of nitrogens with zero attached hydrogens (tertiary/aromatic N) is 6. The molecule has 1 saturated carbocycles. The van der Waals surface area contributed by atoms with Gasteiger partial charge >= 0.3 is 0 Å². The van der Waals surface area contributed by atoms with E-state index < -0.39 is 0 Å². The summed E-state index contributed by atoms with van der Waals surface area (Å²) in [4.78, 5) is 27.6. The Bertz CT molecular complexity index is 1460. The number of aliphatic imine (C=N–C) groups is 1. The van der Waals surface area contributed by atoms with Crippen LogP contribution in [0.4, 0.5) is 17.1 Å². The monoisotopic (exact) mass is 584 g/mol. The number of nitrogens with one attached hydrogen (secondary N) is 2. The van der Waals surface area contributed by atoms with Crippen LogP contribution >= 0.6 is 0 Å². The first kappa shape index (κ1) is 29.2. The first-order chi connectivity index (χ1) is 20.9. The molecule has 10 nitrogen and oxygen atoms in total. The van der Waals surface area contributed by atoms with E-state index in [2.05, 4.69) is 50.8 Å². The highest BCUT2D eigenvalue weighted by Crippen LogP contribution is 2.41. The normalized spacial score (nSPS) is 20.0. The number of fused-ring (bicyclic) bond motifs is 5. The Morgan fingerprint density at radius 2 is 1.88 bits per heavy atom. The predicted octanol–water partition coefficient (Wildman–Crippen LogP) is 5.02. The number of pyridine rings is 1. The van der Waals surface area contributed by atoms with Gasteiger partial charge in [-0.1, -0.05) is 0 Å². The molecule has 6 rings (SSSR count). The molecule has 4 heterocycles. The Kier molecular flexibility index (Phi) is 8.92. The summed E-state index contributed by atoms with van der Waals surface area (Å²) in [5, 5.41) is 10.9. The van der Waals surface area contributed by atoms with Crippen molar-refractivity contribution in [2.45, 2.75) is 45.4 Å². The van der Waals surface area contributed by atoms with Gasteiger partial charge in [0, 0.05) is 50.7 Å². The van der Waals surface area contributed by atoms with Crippen LogP contribution in [-0.4, -0.2) is 78.3 Å². The third-order valence-electron chi connectivity index (χ3n) is 8.87. The summed E-state index contributed by atoms with van der Waals surface area (Å²) >= 11 is 0. The summed E-state index contributed by atoms with van der Waals surface area (Å²) in [6, 6.07) is 9.96. The molecule has 3 aromatic rings. The zero-order valence-electron chi connectivity index (χ0n) is 25.7. The van der Waals surface area contributed by atoms with Crippen molar-refractivity contribution in [2.75, 3.05) is 56.6 Å². The number of carbonyl (C=O) groups excluding carboxylic acids is 1. The van der Waals surface area contributed by atoms with E-state index in [9.17, 15) is 4.79 Å². The summed E-state index contributed by atoms with van der Waals surface area (Å²) in [6.45, 7) is 7.76. The number of aryl methyl sites for hydroxylation is 2. The number of hydrogen-bond donors (Lipinski definition) is 2. The predicted molar refractivity (Wildman–Crippen MR) is 172 cm³/mol. The molecule has 2 fully saturated rings. The second-order valence-electron chi connectivity index (χ2n) is 12.2. The molecule has 228 valence electrons. The number of benzene rings is 1. The second-order valence-corrected chi connectivity index (χ2v) is 12.2. The first-order valence-electron chi connectivity index (χ1n) is 15.7. The first-order valence-corrected chi connectivity index (χ1v) is 15.7. The minimum absolute atomic E-state index is 0.244. The van der Waals surface area contributed by atoms with E-state index >= 15 is 0 Å². The van der Waals surface area contributed by atoms with E-state index in [-0.39, 0.29) is 5.91 Å². The molecule has 2 bridgehead atoms. The molecule has 0 spiro atoms. The molecule has 2 aromatic heterocycles. The molecular weight excluding hydrogens is 540 g/mol. The lowest BCUT2D eigenvalue weighted by Crippen LogP contribution is -2.27. The zero-order chi connectivity index (χ0) is 29.8. The SMILES string of the molecule is Cc1cc2cc(n1)-c1cnn(C)c1OCCCC(C1CC1)CN(C)c1ccc(NCCN3CCCC3)cc1N=CNC2=O. The highest BCUT2D eigenvalue weighted by Gasteiger charge is 2.32. The third-order valence-corrected chi connectivity index (χ3v) is 8.87. The largest absolute Gasteiger partial charge is 0.477 e. The molecule has 43 heavy (non-hydrogen) atoms. The molecular formula is C33H44N8O2. The average Bonchev–Trinajstić information content (AvgIpc) is 3.59. The summed E-state index contributed by atoms with van der Waals surface area (Å²) in [5.41, 5.74) is 5.62. The number of anilines is 2. The van der Waals surface area contributed by atoms with Crippen LogP contribution in [0.25, 0.3) is 11.3 Å². The maximum absolute atomic E-state index is 13.3. The van der Waals surface area contributed by atoms with Gasteiger partial charge in [0.1, 0.15) is 0 Å². The Balaban J connectivity index is 1.28. The van der Waals surface area contributed by atoms with Crippen molar-refractivity contribution in [3.8, 4) is 17.1 Å². The molecule has 0 radical (unpaired) electrons. The Labute approximate surface area is 254 Å². The number of rotatable bonds is 5. The summed E-state index contributed by atoms with van der Waals surface area (Å²) in [5.74, 6) is 1.76. The minimum atomic E-state index is -0.244. The van der Waals surface area contributed by atoms with Crippen LogP contribution < -0.4 is 20.3 Å². The van der Waals surface area contributed by atoms with E-state index in [1.807, 2.05) is 14.0 Å². The Hall–Kier alpha value is -3.92.